The minimum atomic E-state index is 0.108. The lowest BCUT2D eigenvalue weighted by molar-refractivity contribution is -0.139. The molecule has 1 aliphatic heterocycles. The molecule has 0 spiro atoms. The summed E-state index contributed by atoms with van der Waals surface area (Å²) in [6, 6.07) is 12.6. The zero-order chi connectivity index (χ0) is 24.9. The molecule has 1 aliphatic carbocycles. The first kappa shape index (κ1) is 25.2. The number of ether oxygens (including phenoxy) is 2. The van der Waals surface area contributed by atoms with E-state index in [1.54, 1.807) is 18.4 Å². The minimum absolute atomic E-state index is 0.108. The maximum Gasteiger partial charge on any atom is 0.226 e. The second kappa shape index (κ2) is 11.7. The highest BCUT2D eigenvalue weighted by atomic mass is 32.1. The molecule has 1 saturated heterocycles. The third-order valence-corrected chi connectivity index (χ3v) is 8.97. The van der Waals surface area contributed by atoms with Crippen molar-refractivity contribution < 1.29 is 14.3 Å². The Morgan fingerprint density at radius 2 is 1.86 bits per heavy atom. The van der Waals surface area contributed by atoms with Crippen molar-refractivity contribution in [1.29, 1.82) is 0 Å². The van der Waals surface area contributed by atoms with Crippen molar-refractivity contribution in [3.8, 4) is 17.0 Å². The molecule has 0 radical (unpaired) electrons. The monoisotopic (exact) mass is 506 g/mol. The molecule has 0 bridgehead atoms. The fourth-order valence-electron chi connectivity index (χ4n) is 6.17. The lowest BCUT2D eigenvalue weighted by Gasteiger charge is -2.33. The smallest absolute Gasteiger partial charge is 0.226 e. The van der Waals surface area contributed by atoms with Gasteiger partial charge in [0.1, 0.15) is 17.4 Å². The lowest BCUT2D eigenvalue weighted by atomic mass is 9.78. The van der Waals surface area contributed by atoms with Crippen LogP contribution in [0, 0.1) is 11.8 Å². The number of carbonyl (C=O) groups is 1. The van der Waals surface area contributed by atoms with E-state index in [1.807, 2.05) is 12.1 Å². The average Bonchev–Trinajstić information content (AvgIpc) is 3.60. The average molecular weight is 507 g/mol. The van der Waals surface area contributed by atoms with Crippen LogP contribution in [0.25, 0.3) is 22.0 Å². The van der Waals surface area contributed by atoms with Gasteiger partial charge in [-0.1, -0.05) is 50.5 Å². The molecule has 0 N–H and O–H groups in total. The molecule has 5 nitrogen and oxygen atoms in total. The van der Waals surface area contributed by atoms with Crippen molar-refractivity contribution in [3.63, 3.8) is 0 Å². The number of carbonyl (C=O) groups excluding carboxylic acids is 1. The molecule has 192 valence electrons. The molecule has 2 atom stereocenters. The van der Waals surface area contributed by atoms with Gasteiger partial charge in [-0.15, -0.1) is 11.3 Å². The Kier molecular flexibility index (Phi) is 8.22. The highest BCUT2D eigenvalue weighted by molar-refractivity contribution is 7.10. The van der Waals surface area contributed by atoms with E-state index < -0.39 is 0 Å². The Hall–Kier alpha value is -2.44. The lowest BCUT2D eigenvalue weighted by Crippen LogP contribution is -2.39. The topological polar surface area (TPSA) is 51.7 Å². The van der Waals surface area contributed by atoms with Crippen LogP contribution in [0.15, 0.2) is 41.8 Å². The molecule has 1 saturated carbocycles. The van der Waals surface area contributed by atoms with Crippen LogP contribution >= 0.6 is 11.3 Å². The number of hydrogen-bond acceptors (Lipinski definition) is 5. The number of hydrogen-bond donors (Lipinski definition) is 0. The summed E-state index contributed by atoms with van der Waals surface area (Å²) in [5, 5.41) is 5.43. The molecule has 36 heavy (non-hydrogen) atoms. The second-order valence-electron chi connectivity index (χ2n) is 10.2. The van der Waals surface area contributed by atoms with Gasteiger partial charge in [0.25, 0.3) is 0 Å². The van der Waals surface area contributed by atoms with E-state index in [2.05, 4.69) is 41.5 Å². The molecule has 2 heterocycles. The van der Waals surface area contributed by atoms with Gasteiger partial charge in [0.15, 0.2) is 0 Å². The SMILES string of the molecule is CC[C@H](C(=O)N1CCC[C@H]1c1nc(-c2ccc(OCCOC)c3ccccc23)cs1)C1CCCCC1. The second-order valence-corrected chi connectivity index (χ2v) is 11.1. The summed E-state index contributed by atoms with van der Waals surface area (Å²) in [7, 11) is 1.68. The van der Waals surface area contributed by atoms with Gasteiger partial charge in [0, 0.05) is 35.9 Å². The van der Waals surface area contributed by atoms with E-state index in [4.69, 9.17) is 14.5 Å². The Labute approximate surface area is 218 Å². The van der Waals surface area contributed by atoms with E-state index >= 15 is 0 Å². The van der Waals surface area contributed by atoms with Crippen LogP contribution in [0.5, 0.6) is 5.75 Å². The normalized spacial score (nSPS) is 19.6. The van der Waals surface area contributed by atoms with Crippen LogP contribution < -0.4 is 4.74 Å². The van der Waals surface area contributed by atoms with Crippen LogP contribution in [0.4, 0.5) is 0 Å². The Morgan fingerprint density at radius 3 is 2.64 bits per heavy atom. The number of rotatable bonds is 9. The van der Waals surface area contributed by atoms with E-state index in [0.29, 0.717) is 25.0 Å². The Bertz CT molecular complexity index is 1170. The summed E-state index contributed by atoms with van der Waals surface area (Å²) in [5.74, 6) is 1.95. The van der Waals surface area contributed by atoms with Gasteiger partial charge in [0.2, 0.25) is 5.91 Å². The molecular formula is C30H38N2O3S. The van der Waals surface area contributed by atoms with Crippen molar-refractivity contribution in [1.82, 2.24) is 9.88 Å². The van der Waals surface area contributed by atoms with Gasteiger partial charge in [-0.2, -0.15) is 0 Å². The summed E-state index contributed by atoms with van der Waals surface area (Å²) in [5.41, 5.74) is 2.09. The number of benzene rings is 2. The number of fused-ring (bicyclic) bond motifs is 1. The molecule has 1 amide bonds. The van der Waals surface area contributed by atoms with Crippen LogP contribution in [0.2, 0.25) is 0 Å². The minimum Gasteiger partial charge on any atom is -0.491 e. The molecule has 3 aromatic rings. The molecular weight excluding hydrogens is 468 g/mol. The Balaban J connectivity index is 1.38. The van der Waals surface area contributed by atoms with Gasteiger partial charge in [0.05, 0.1) is 18.3 Å². The largest absolute Gasteiger partial charge is 0.491 e. The maximum absolute atomic E-state index is 13.7. The van der Waals surface area contributed by atoms with Crippen molar-refractivity contribution in [2.75, 3.05) is 26.9 Å². The van der Waals surface area contributed by atoms with Crippen LogP contribution in [-0.4, -0.2) is 42.7 Å². The molecule has 1 aromatic heterocycles. The first-order valence-corrected chi connectivity index (χ1v) is 14.5. The quantitative estimate of drug-likeness (QED) is 0.287. The van der Waals surface area contributed by atoms with Crippen LogP contribution in [0.3, 0.4) is 0 Å². The third kappa shape index (κ3) is 5.16. The third-order valence-electron chi connectivity index (χ3n) is 8.02. The summed E-state index contributed by atoms with van der Waals surface area (Å²) < 4.78 is 11.1. The van der Waals surface area contributed by atoms with Gasteiger partial charge >= 0.3 is 0 Å². The van der Waals surface area contributed by atoms with Crippen LogP contribution in [-0.2, 0) is 9.53 Å². The molecule has 2 fully saturated rings. The number of methoxy groups -OCH3 is 1. The van der Waals surface area contributed by atoms with E-state index in [1.165, 1.54) is 32.1 Å². The fraction of sp³-hybridized carbons (Fsp3) is 0.533. The van der Waals surface area contributed by atoms with E-state index in [-0.39, 0.29) is 12.0 Å². The van der Waals surface area contributed by atoms with Gasteiger partial charge in [-0.3, -0.25) is 4.79 Å². The molecule has 2 aliphatic rings. The Morgan fingerprint density at radius 1 is 1.06 bits per heavy atom. The zero-order valence-corrected chi connectivity index (χ0v) is 22.4. The molecule has 2 aromatic carbocycles. The number of thiazole rings is 1. The van der Waals surface area contributed by atoms with E-state index in [0.717, 1.165) is 58.6 Å². The summed E-state index contributed by atoms with van der Waals surface area (Å²) in [4.78, 5) is 21.0. The molecule has 0 unspecified atom stereocenters. The van der Waals surface area contributed by atoms with Gasteiger partial charge < -0.3 is 14.4 Å². The van der Waals surface area contributed by atoms with Crippen molar-refractivity contribution >= 4 is 28.0 Å². The number of nitrogens with zero attached hydrogens (tertiary/aromatic N) is 2. The summed E-state index contributed by atoms with van der Waals surface area (Å²) in [6.07, 6.45) is 9.31. The van der Waals surface area contributed by atoms with Crippen molar-refractivity contribution in [2.45, 2.75) is 64.3 Å². The number of likely N-dealkylation sites (tertiary alicyclic amines) is 1. The fourth-order valence-corrected chi connectivity index (χ4v) is 7.13. The number of aromatic nitrogens is 1. The summed E-state index contributed by atoms with van der Waals surface area (Å²) >= 11 is 1.69. The summed E-state index contributed by atoms with van der Waals surface area (Å²) in [6.45, 7) is 4.13. The maximum atomic E-state index is 13.7. The predicted octanol–water partition coefficient (Wildman–Crippen LogP) is 7.26. The highest BCUT2D eigenvalue weighted by Crippen LogP contribution is 2.41. The number of amides is 1. The predicted molar refractivity (Wildman–Crippen MR) is 146 cm³/mol. The van der Waals surface area contributed by atoms with Gasteiger partial charge in [-0.25, -0.2) is 4.98 Å². The molecule has 5 rings (SSSR count). The first-order chi connectivity index (χ1) is 17.7. The van der Waals surface area contributed by atoms with Gasteiger partial charge in [-0.05, 0) is 55.5 Å². The molecule has 6 heteroatoms. The standard InChI is InChI=1S/C30H38N2O3S/c1-3-22(21-10-5-4-6-11-21)30(33)32-17-9-14-27(32)29-31-26(20-36-29)24-15-16-28(35-19-18-34-2)25-13-8-7-12-23(24)25/h7-8,12-13,15-16,20-22,27H,3-6,9-11,14,17-19H2,1-2H3/t22-,27-/m0/s1. The zero-order valence-electron chi connectivity index (χ0n) is 21.6. The van der Waals surface area contributed by atoms with Crippen molar-refractivity contribution in [2.24, 2.45) is 11.8 Å². The van der Waals surface area contributed by atoms with Crippen molar-refractivity contribution in [3.05, 3.63) is 46.8 Å². The van der Waals surface area contributed by atoms with Crippen LogP contribution in [0.1, 0.15) is 69.3 Å². The van der Waals surface area contributed by atoms with E-state index in [9.17, 15) is 4.79 Å². The first-order valence-electron chi connectivity index (χ1n) is 13.6. The highest BCUT2D eigenvalue weighted by Gasteiger charge is 2.38.